The van der Waals surface area contributed by atoms with Gasteiger partial charge in [0.25, 0.3) is 0 Å². The van der Waals surface area contributed by atoms with Crippen molar-refractivity contribution in [1.82, 2.24) is 4.90 Å². The van der Waals surface area contributed by atoms with Gasteiger partial charge in [0.2, 0.25) is 17.6 Å². The number of ether oxygens (including phenoxy) is 3. The predicted octanol–water partition coefficient (Wildman–Crippen LogP) is 3.76. The normalized spacial score (nSPS) is 11.0. The summed E-state index contributed by atoms with van der Waals surface area (Å²) in [5, 5.41) is 2.24. The highest BCUT2D eigenvalue weighted by Gasteiger charge is 2.33. The van der Waals surface area contributed by atoms with Gasteiger partial charge >= 0.3 is 6.18 Å². The van der Waals surface area contributed by atoms with Crippen LogP contribution in [0.3, 0.4) is 0 Å². The van der Waals surface area contributed by atoms with E-state index in [0.717, 1.165) is 12.1 Å². The summed E-state index contributed by atoms with van der Waals surface area (Å²) < 4.78 is 55.2. The molecule has 0 aliphatic carbocycles. The van der Waals surface area contributed by atoms with Crippen molar-refractivity contribution < 1.29 is 37.0 Å². The largest absolute Gasteiger partial charge is 0.493 e. The van der Waals surface area contributed by atoms with Crippen LogP contribution in [0.5, 0.6) is 17.2 Å². The SMILES string of the molecule is CCN(CC(=O)Nc1ccccc1C(F)(F)F)C(=O)Cc1cc(OC)c(OC)c(OC)c1. The number of nitrogens with zero attached hydrogens (tertiary/aromatic N) is 1. The lowest BCUT2D eigenvalue weighted by Gasteiger charge is -2.22. The molecule has 0 aromatic heterocycles. The van der Waals surface area contributed by atoms with Gasteiger partial charge in [-0.2, -0.15) is 13.2 Å². The van der Waals surface area contributed by atoms with Crippen molar-refractivity contribution in [3.8, 4) is 17.2 Å². The van der Waals surface area contributed by atoms with Gasteiger partial charge < -0.3 is 24.4 Å². The van der Waals surface area contributed by atoms with Crippen molar-refractivity contribution in [2.24, 2.45) is 0 Å². The first-order valence-corrected chi connectivity index (χ1v) is 9.67. The second kappa shape index (κ2) is 10.7. The van der Waals surface area contributed by atoms with Gasteiger partial charge in [0.05, 0.1) is 45.5 Å². The number of anilines is 1. The van der Waals surface area contributed by atoms with Crippen LogP contribution in [0.4, 0.5) is 18.9 Å². The molecule has 7 nitrogen and oxygen atoms in total. The average molecular weight is 454 g/mol. The molecule has 1 N–H and O–H groups in total. The minimum absolute atomic E-state index is 0.0724. The maximum atomic E-state index is 13.1. The molecule has 174 valence electrons. The van der Waals surface area contributed by atoms with Crippen LogP contribution in [0.15, 0.2) is 36.4 Å². The van der Waals surface area contributed by atoms with E-state index in [1.54, 1.807) is 19.1 Å². The molecule has 0 aliphatic rings. The van der Waals surface area contributed by atoms with Crippen LogP contribution in [0.1, 0.15) is 18.1 Å². The van der Waals surface area contributed by atoms with Gasteiger partial charge in [-0.25, -0.2) is 0 Å². The number of amides is 2. The molecule has 2 aromatic rings. The van der Waals surface area contributed by atoms with E-state index in [1.165, 1.54) is 38.4 Å². The zero-order valence-corrected chi connectivity index (χ0v) is 18.2. The van der Waals surface area contributed by atoms with Crippen molar-refractivity contribution in [3.05, 3.63) is 47.5 Å². The maximum Gasteiger partial charge on any atom is 0.418 e. The molecule has 0 bridgehead atoms. The number of rotatable bonds is 9. The number of halogens is 3. The third-order valence-electron chi connectivity index (χ3n) is 4.66. The number of carbonyl (C=O) groups excluding carboxylic acids is 2. The number of carbonyl (C=O) groups is 2. The molecule has 2 aromatic carbocycles. The quantitative estimate of drug-likeness (QED) is 0.625. The molecule has 2 amide bonds. The smallest absolute Gasteiger partial charge is 0.418 e. The number of likely N-dealkylation sites (N-methyl/N-ethyl adjacent to an activating group) is 1. The number of benzene rings is 2. The van der Waals surface area contributed by atoms with E-state index < -0.39 is 24.2 Å². The number of methoxy groups -OCH3 is 3. The second-order valence-corrected chi connectivity index (χ2v) is 6.71. The Hall–Kier alpha value is -3.43. The lowest BCUT2D eigenvalue weighted by molar-refractivity contribution is -0.137. The zero-order valence-electron chi connectivity index (χ0n) is 18.2. The summed E-state index contributed by atoms with van der Waals surface area (Å²) in [6, 6.07) is 7.90. The van der Waals surface area contributed by atoms with Crippen molar-refractivity contribution in [2.45, 2.75) is 19.5 Å². The fourth-order valence-electron chi connectivity index (χ4n) is 3.10. The van der Waals surface area contributed by atoms with E-state index >= 15 is 0 Å². The summed E-state index contributed by atoms with van der Waals surface area (Å²) in [5.74, 6) is 0.00229. The van der Waals surface area contributed by atoms with Crippen molar-refractivity contribution in [1.29, 1.82) is 0 Å². The average Bonchev–Trinajstić information content (AvgIpc) is 2.76. The first-order valence-electron chi connectivity index (χ1n) is 9.67. The molecule has 0 saturated heterocycles. The molecule has 0 saturated carbocycles. The highest BCUT2D eigenvalue weighted by Crippen LogP contribution is 2.38. The molecule has 0 heterocycles. The lowest BCUT2D eigenvalue weighted by Crippen LogP contribution is -2.38. The molecule has 0 spiro atoms. The Balaban J connectivity index is 2.13. The molecule has 32 heavy (non-hydrogen) atoms. The first-order chi connectivity index (χ1) is 15.1. The summed E-state index contributed by atoms with van der Waals surface area (Å²) >= 11 is 0. The van der Waals surface area contributed by atoms with Crippen molar-refractivity contribution in [3.63, 3.8) is 0 Å². The van der Waals surface area contributed by atoms with Crippen molar-refractivity contribution >= 4 is 17.5 Å². The van der Waals surface area contributed by atoms with Crippen LogP contribution >= 0.6 is 0 Å². The molecular weight excluding hydrogens is 429 g/mol. The van der Waals surface area contributed by atoms with E-state index in [2.05, 4.69) is 5.32 Å². The van der Waals surface area contributed by atoms with Gasteiger partial charge in [-0.15, -0.1) is 0 Å². The third kappa shape index (κ3) is 6.05. The van der Waals surface area contributed by atoms with Crippen LogP contribution in [-0.4, -0.2) is 51.1 Å². The van der Waals surface area contributed by atoms with E-state index in [-0.39, 0.29) is 24.6 Å². The van der Waals surface area contributed by atoms with Crippen LogP contribution in [-0.2, 0) is 22.2 Å². The fraction of sp³-hybridized carbons (Fsp3) is 0.364. The second-order valence-electron chi connectivity index (χ2n) is 6.71. The predicted molar refractivity (Wildman–Crippen MR) is 112 cm³/mol. The van der Waals surface area contributed by atoms with Gasteiger partial charge in [-0.1, -0.05) is 12.1 Å². The number of hydrogen-bond donors (Lipinski definition) is 1. The summed E-state index contributed by atoms with van der Waals surface area (Å²) in [4.78, 5) is 26.4. The first kappa shape index (κ1) is 24.8. The minimum atomic E-state index is -4.61. The van der Waals surface area contributed by atoms with E-state index in [0.29, 0.717) is 22.8 Å². The molecule has 0 unspecified atom stereocenters. The number of nitrogens with one attached hydrogen (secondary N) is 1. The van der Waals surface area contributed by atoms with E-state index in [1.807, 2.05) is 0 Å². The van der Waals surface area contributed by atoms with Crippen LogP contribution in [0.25, 0.3) is 0 Å². The van der Waals surface area contributed by atoms with Gasteiger partial charge in [-0.05, 0) is 36.8 Å². The molecule has 0 atom stereocenters. The number of para-hydroxylation sites is 1. The van der Waals surface area contributed by atoms with Crippen LogP contribution < -0.4 is 19.5 Å². The number of alkyl halides is 3. The molecular formula is C22H25F3N2O5. The number of hydrogen-bond acceptors (Lipinski definition) is 5. The molecule has 0 radical (unpaired) electrons. The Kier molecular flexibility index (Phi) is 8.34. The lowest BCUT2D eigenvalue weighted by atomic mass is 10.1. The van der Waals surface area contributed by atoms with Crippen LogP contribution in [0.2, 0.25) is 0 Å². The Labute approximate surface area is 184 Å². The summed E-state index contributed by atoms with van der Waals surface area (Å²) in [5.41, 5.74) is -0.760. The Bertz CT molecular complexity index is 938. The third-order valence-corrected chi connectivity index (χ3v) is 4.66. The molecule has 0 aliphatic heterocycles. The summed E-state index contributed by atoms with van der Waals surface area (Å²) in [6.07, 6.45) is -4.69. The van der Waals surface area contributed by atoms with Gasteiger partial charge in [-0.3, -0.25) is 9.59 Å². The maximum absolute atomic E-state index is 13.1. The standard InChI is InChI=1S/C22H25F3N2O5/c1-5-27(13-19(28)26-16-9-7-6-8-15(16)22(23,24)25)20(29)12-14-10-17(30-2)21(32-4)18(11-14)31-3/h6-11H,5,12-13H2,1-4H3,(H,26,28). The van der Waals surface area contributed by atoms with E-state index in [9.17, 15) is 22.8 Å². The zero-order chi connectivity index (χ0) is 23.9. The summed E-state index contributed by atoms with van der Waals surface area (Å²) in [7, 11) is 4.36. The van der Waals surface area contributed by atoms with E-state index in [4.69, 9.17) is 14.2 Å². The minimum Gasteiger partial charge on any atom is -0.493 e. The van der Waals surface area contributed by atoms with Gasteiger partial charge in [0.15, 0.2) is 11.5 Å². The fourth-order valence-corrected chi connectivity index (χ4v) is 3.10. The highest BCUT2D eigenvalue weighted by molar-refractivity contribution is 5.95. The Morgan fingerprint density at radius 3 is 2.09 bits per heavy atom. The Morgan fingerprint density at radius 1 is 1.00 bits per heavy atom. The van der Waals surface area contributed by atoms with Crippen LogP contribution in [0, 0.1) is 0 Å². The van der Waals surface area contributed by atoms with Gasteiger partial charge in [0.1, 0.15) is 0 Å². The molecule has 2 rings (SSSR count). The Morgan fingerprint density at radius 2 is 1.59 bits per heavy atom. The van der Waals surface area contributed by atoms with Gasteiger partial charge in [0, 0.05) is 6.54 Å². The monoisotopic (exact) mass is 454 g/mol. The topological polar surface area (TPSA) is 77.1 Å². The summed E-state index contributed by atoms with van der Waals surface area (Å²) in [6.45, 7) is 1.47. The molecule has 0 fully saturated rings. The van der Waals surface area contributed by atoms with Crippen molar-refractivity contribution in [2.75, 3.05) is 39.7 Å². The highest BCUT2D eigenvalue weighted by atomic mass is 19.4. The molecule has 10 heteroatoms.